The van der Waals surface area contributed by atoms with Crippen molar-refractivity contribution >= 4 is 39.4 Å². The minimum Gasteiger partial charge on any atom is -0.456 e. The summed E-state index contributed by atoms with van der Waals surface area (Å²) >= 11 is 6.87. The van der Waals surface area contributed by atoms with Crippen molar-refractivity contribution in [3.8, 4) is 28.4 Å². The van der Waals surface area contributed by atoms with E-state index in [0.717, 1.165) is 22.7 Å². The van der Waals surface area contributed by atoms with Gasteiger partial charge in [0.15, 0.2) is 11.8 Å². The van der Waals surface area contributed by atoms with E-state index in [2.05, 4.69) is 43.9 Å². The number of fused-ring (bicyclic) bond motifs is 1. The molecule has 5 rings (SSSR count). The van der Waals surface area contributed by atoms with Gasteiger partial charge in [0.25, 0.3) is 0 Å². The summed E-state index contributed by atoms with van der Waals surface area (Å²) in [5.74, 6) is 0. The Labute approximate surface area is 297 Å². The van der Waals surface area contributed by atoms with Gasteiger partial charge in [0.05, 0.1) is 29.4 Å². The van der Waals surface area contributed by atoms with Crippen molar-refractivity contribution in [3.05, 3.63) is 65.7 Å². The number of ether oxygens (including phenoxy) is 3. The summed E-state index contributed by atoms with van der Waals surface area (Å²) in [6.07, 6.45) is -2.39. The van der Waals surface area contributed by atoms with Crippen LogP contribution >= 0.6 is 11.6 Å². The van der Waals surface area contributed by atoms with Crippen LogP contribution in [0.15, 0.2) is 60.7 Å². The number of benzene rings is 2. The predicted octanol–water partition coefficient (Wildman–Crippen LogP) is 8.29. The monoisotopic (exact) mass is 725 g/mol. The minimum atomic E-state index is -3.25. The molecule has 0 unspecified atom stereocenters. The Balaban J connectivity index is 1.39. The van der Waals surface area contributed by atoms with Crippen LogP contribution in [0.25, 0.3) is 33.5 Å². The first-order valence-corrected chi connectivity index (χ1v) is 22.9. The lowest BCUT2D eigenvalue weighted by Gasteiger charge is -2.45. The Morgan fingerprint density at radius 3 is 2.14 bits per heavy atom. The van der Waals surface area contributed by atoms with Crippen LogP contribution in [0.4, 0.5) is 0 Å². The van der Waals surface area contributed by atoms with Crippen molar-refractivity contribution < 1.29 is 28.5 Å². The van der Waals surface area contributed by atoms with Crippen LogP contribution in [-0.4, -0.2) is 79.2 Å². The van der Waals surface area contributed by atoms with Crippen LogP contribution in [0.2, 0.25) is 40.8 Å². The Kier molecular flexibility index (Phi) is 11.2. The highest BCUT2D eigenvalue weighted by atomic mass is 35.5. The zero-order chi connectivity index (χ0) is 35.8. The summed E-state index contributed by atoms with van der Waals surface area (Å²) < 4.78 is 26.5. The van der Waals surface area contributed by atoms with E-state index in [4.69, 9.17) is 40.2 Å². The second-order valence-electron chi connectivity index (χ2n) is 16.2. The molecule has 49 heavy (non-hydrogen) atoms. The number of hydrogen-bond donors (Lipinski definition) is 2. The number of aliphatic hydroxyl groups is 1. The van der Waals surface area contributed by atoms with Crippen molar-refractivity contribution in [3.63, 3.8) is 0 Å². The van der Waals surface area contributed by atoms with Crippen molar-refractivity contribution in [2.75, 3.05) is 19.8 Å². The molecule has 0 amide bonds. The Hall–Kier alpha value is -2.62. The topological polar surface area (TPSA) is 108 Å². The third-order valence-corrected chi connectivity index (χ3v) is 15.8. The van der Waals surface area contributed by atoms with E-state index in [-0.39, 0.29) is 26.0 Å². The zero-order valence-electron chi connectivity index (χ0n) is 30.3. The highest BCUT2D eigenvalue weighted by molar-refractivity contribution is 6.76. The van der Waals surface area contributed by atoms with Crippen molar-refractivity contribution in [2.24, 2.45) is 0 Å². The van der Waals surface area contributed by atoms with E-state index < -0.39 is 45.0 Å². The molecule has 9 nitrogen and oxygen atoms in total. The van der Waals surface area contributed by atoms with Gasteiger partial charge in [0, 0.05) is 30.3 Å². The van der Waals surface area contributed by atoms with Crippen molar-refractivity contribution in [1.29, 1.82) is 0 Å². The van der Waals surface area contributed by atoms with Crippen LogP contribution in [0.3, 0.4) is 0 Å². The van der Waals surface area contributed by atoms with Crippen molar-refractivity contribution in [1.82, 2.24) is 14.5 Å². The molecule has 1 saturated heterocycles. The van der Waals surface area contributed by atoms with Gasteiger partial charge >= 0.3 is 14.6 Å². The summed E-state index contributed by atoms with van der Waals surface area (Å²) in [6.45, 7) is 19.8. The molecule has 0 saturated carbocycles. The van der Waals surface area contributed by atoms with E-state index >= 15 is 0 Å². The number of pyridine rings is 1. The summed E-state index contributed by atoms with van der Waals surface area (Å²) in [5.41, 5.74) is 4.83. The highest BCUT2D eigenvalue weighted by Crippen LogP contribution is 2.50. The zero-order valence-corrected chi connectivity index (χ0v) is 33.0. The van der Waals surface area contributed by atoms with E-state index in [1.807, 2.05) is 82.5 Å². The molecule has 0 radical (unpaired) electrons. The first kappa shape index (κ1) is 37.6. The molecule has 0 spiro atoms. The van der Waals surface area contributed by atoms with Crippen LogP contribution in [0, 0.1) is 0 Å². The van der Waals surface area contributed by atoms with Gasteiger partial charge in [-0.1, -0.05) is 127 Å². The lowest BCUT2D eigenvalue weighted by molar-refractivity contribution is -0.0102. The summed E-state index contributed by atoms with van der Waals surface area (Å²) in [4.78, 5) is 21.4. The van der Waals surface area contributed by atoms with Crippen molar-refractivity contribution in [2.45, 2.75) is 102 Å². The molecule has 2 aromatic carbocycles. The van der Waals surface area contributed by atoms with Crippen LogP contribution in [-0.2, 0) is 20.6 Å². The van der Waals surface area contributed by atoms with E-state index in [1.54, 1.807) is 0 Å². The molecule has 2 aromatic heterocycles. The van der Waals surface area contributed by atoms with Gasteiger partial charge in [0.2, 0.25) is 0 Å². The number of halogens is 1. The largest absolute Gasteiger partial charge is 0.456 e. The standard InChI is InChI=1S/C37H52ClN3O6Si2/c1-36(2,3)49(43,37(4,5)6)46-23-30-33(42)31(22-45-30)47-35-40-34-29(41(35)24-44-19-20-48(7,8)9)21-28(38)32(39-34)27-17-15-26(16-18-27)25-13-11-10-12-14-25/h10-18,21,30-31,33,42-43H,19-20,22-24H2,1-9H3/t30-,31-,33-/m1/s1. The molecular formula is C37H52ClN3O6Si2. The van der Waals surface area contributed by atoms with Gasteiger partial charge in [-0.15, -0.1) is 0 Å². The van der Waals surface area contributed by atoms with E-state index in [0.29, 0.717) is 28.5 Å². The lowest BCUT2D eigenvalue weighted by Crippen LogP contribution is -2.56. The molecule has 1 aliphatic rings. The molecular weight excluding hydrogens is 674 g/mol. The molecule has 12 heteroatoms. The summed E-state index contributed by atoms with van der Waals surface area (Å²) in [7, 11) is -4.56. The number of aromatic nitrogens is 3. The third-order valence-electron chi connectivity index (χ3n) is 9.12. The van der Waals surface area contributed by atoms with Gasteiger partial charge in [-0.05, 0) is 23.2 Å². The number of rotatable bonds is 12. The highest BCUT2D eigenvalue weighted by Gasteiger charge is 2.56. The van der Waals surface area contributed by atoms with Gasteiger partial charge in [-0.25, -0.2) is 4.98 Å². The molecule has 1 aliphatic heterocycles. The Morgan fingerprint density at radius 1 is 0.918 bits per heavy atom. The molecule has 4 aromatic rings. The molecule has 266 valence electrons. The number of imidazole rings is 1. The smallest absolute Gasteiger partial charge is 0.346 e. The third kappa shape index (κ3) is 8.48. The fourth-order valence-electron chi connectivity index (χ4n) is 6.21. The van der Waals surface area contributed by atoms with E-state index in [9.17, 15) is 9.90 Å². The number of nitrogens with zero attached hydrogens (tertiary/aromatic N) is 3. The lowest BCUT2D eigenvalue weighted by atomic mass is 10.0. The molecule has 3 heterocycles. The predicted molar refractivity (Wildman–Crippen MR) is 201 cm³/mol. The maximum absolute atomic E-state index is 11.7. The average Bonchev–Trinajstić information content (AvgIpc) is 3.54. The first-order chi connectivity index (χ1) is 22.9. The first-order valence-electron chi connectivity index (χ1n) is 17.0. The maximum atomic E-state index is 11.7. The average molecular weight is 726 g/mol. The van der Waals surface area contributed by atoms with Gasteiger partial charge in [-0.2, -0.15) is 4.98 Å². The maximum Gasteiger partial charge on any atom is 0.346 e. The van der Waals surface area contributed by atoms with E-state index in [1.165, 1.54) is 0 Å². The Morgan fingerprint density at radius 2 is 1.53 bits per heavy atom. The second-order valence-corrected chi connectivity index (χ2v) is 26.9. The molecule has 2 N–H and O–H groups in total. The van der Waals surface area contributed by atoms with Crippen LogP contribution in [0.5, 0.6) is 6.01 Å². The quantitative estimate of drug-likeness (QED) is 0.111. The van der Waals surface area contributed by atoms with Crippen LogP contribution < -0.4 is 4.74 Å². The number of aliphatic hydroxyl groups excluding tert-OH is 1. The SMILES string of the molecule is CC(C)(C)[Si](O)(OC[C@H]1OC[C@@H](Oc2nc3nc(-c4ccc(-c5ccccc5)cc4)c(Cl)cc3n2COCC[Si](C)(C)C)[C@@H]1O)C(C)(C)C. The Bertz CT molecular complexity index is 1700. The fourth-order valence-corrected chi connectivity index (χ4v) is 10.7. The fraction of sp³-hybridized carbons (Fsp3) is 0.514. The molecule has 0 aliphatic carbocycles. The van der Waals surface area contributed by atoms with Gasteiger partial charge in [0.1, 0.15) is 18.9 Å². The summed E-state index contributed by atoms with van der Waals surface area (Å²) in [5, 5.41) is 10.9. The molecule has 3 atom stereocenters. The number of hydrogen-bond acceptors (Lipinski definition) is 8. The summed E-state index contributed by atoms with van der Waals surface area (Å²) in [6, 6.07) is 21.4. The minimum absolute atomic E-state index is 0.0537. The van der Waals surface area contributed by atoms with Gasteiger partial charge < -0.3 is 28.5 Å². The van der Waals surface area contributed by atoms with Gasteiger partial charge in [-0.3, -0.25) is 4.57 Å². The molecule has 0 bridgehead atoms. The molecule has 1 fully saturated rings. The second kappa shape index (κ2) is 14.6. The van der Waals surface area contributed by atoms with Crippen LogP contribution in [0.1, 0.15) is 41.5 Å². The normalized spacial score (nSPS) is 19.1.